The van der Waals surface area contributed by atoms with Gasteiger partial charge in [0.25, 0.3) is 0 Å². The molecule has 3 N–H and O–H groups in total. The van der Waals surface area contributed by atoms with Crippen molar-refractivity contribution < 1.29 is 19.0 Å². The van der Waals surface area contributed by atoms with E-state index in [9.17, 15) is 9.18 Å². The molecule has 7 heteroatoms. The number of aliphatic imine (C=N–C) groups is 1. The van der Waals surface area contributed by atoms with Crippen molar-refractivity contribution in [2.45, 2.75) is 19.1 Å². The number of aliphatic hydroxyl groups excluding tert-OH is 1. The van der Waals surface area contributed by atoms with Gasteiger partial charge in [0.15, 0.2) is 0 Å². The van der Waals surface area contributed by atoms with Gasteiger partial charge in [-0.2, -0.15) is 0 Å². The lowest BCUT2D eigenvalue weighted by Gasteiger charge is -2.22. The van der Waals surface area contributed by atoms with Gasteiger partial charge in [-0.05, 0) is 13.0 Å². The predicted octanol–water partition coefficient (Wildman–Crippen LogP) is -0.319. The SMILES string of the molecule is CN=C(N)/C=C\N(C=O)CC(C)OC(CO)CF. The quantitative estimate of drug-likeness (QED) is 0.338. The number of hydrogen-bond acceptors (Lipinski definition) is 4. The number of hydrogen-bond donors (Lipinski definition) is 2. The molecule has 0 fully saturated rings. The van der Waals surface area contributed by atoms with Crippen LogP contribution in [0.2, 0.25) is 0 Å². The van der Waals surface area contributed by atoms with Gasteiger partial charge in [-0.15, -0.1) is 0 Å². The molecule has 0 radical (unpaired) electrons. The Morgan fingerprint density at radius 2 is 2.33 bits per heavy atom. The molecule has 0 saturated heterocycles. The monoisotopic (exact) mass is 261 g/mol. The molecular weight excluding hydrogens is 241 g/mol. The summed E-state index contributed by atoms with van der Waals surface area (Å²) in [5.41, 5.74) is 5.44. The lowest BCUT2D eigenvalue weighted by molar-refractivity contribution is -0.118. The van der Waals surface area contributed by atoms with Gasteiger partial charge in [0.05, 0.1) is 19.3 Å². The number of rotatable bonds is 9. The fraction of sp³-hybridized carbons (Fsp3) is 0.636. The topological polar surface area (TPSA) is 88.2 Å². The van der Waals surface area contributed by atoms with Crippen LogP contribution in [0, 0.1) is 0 Å². The van der Waals surface area contributed by atoms with Crippen LogP contribution in [0.5, 0.6) is 0 Å². The third-order valence-electron chi connectivity index (χ3n) is 2.10. The molecule has 1 amide bonds. The van der Waals surface area contributed by atoms with Crippen molar-refractivity contribution in [1.82, 2.24) is 4.90 Å². The third-order valence-corrected chi connectivity index (χ3v) is 2.10. The number of halogens is 1. The number of amidine groups is 1. The fourth-order valence-electron chi connectivity index (χ4n) is 1.18. The minimum absolute atomic E-state index is 0.230. The summed E-state index contributed by atoms with van der Waals surface area (Å²) in [7, 11) is 1.53. The molecule has 0 heterocycles. The molecule has 0 aromatic heterocycles. The van der Waals surface area contributed by atoms with Gasteiger partial charge >= 0.3 is 0 Å². The largest absolute Gasteiger partial charge is 0.394 e. The number of nitrogens with zero attached hydrogens (tertiary/aromatic N) is 2. The average Bonchev–Trinajstić information content (AvgIpc) is 2.39. The smallest absolute Gasteiger partial charge is 0.213 e. The zero-order valence-electron chi connectivity index (χ0n) is 10.6. The number of amides is 1. The number of carbonyl (C=O) groups is 1. The van der Waals surface area contributed by atoms with Gasteiger partial charge in [-0.25, -0.2) is 4.39 Å². The Hall–Kier alpha value is -1.47. The molecule has 104 valence electrons. The van der Waals surface area contributed by atoms with Gasteiger partial charge in [0.1, 0.15) is 18.6 Å². The first kappa shape index (κ1) is 16.5. The molecule has 0 spiro atoms. The van der Waals surface area contributed by atoms with E-state index in [0.717, 1.165) is 0 Å². The predicted molar refractivity (Wildman–Crippen MR) is 66.9 cm³/mol. The first-order valence-corrected chi connectivity index (χ1v) is 5.51. The number of carbonyl (C=O) groups excluding carboxylic acids is 1. The van der Waals surface area contributed by atoms with Gasteiger partial charge in [-0.3, -0.25) is 9.79 Å². The normalized spacial score (nSPS) is 15.7. The first-order chi connectivity index (χ1) is 8.57. The molecule has 0 rings (SSSR count). The van der Waals surface area contributed by atoms with E-state index < -0.39 is 25.5 Å². The van der Waals surface area contributed by atoms with Crippen LogP contribution < -0.4 is 5.73 Å². The second-order valence-electron chi connectivity index (χ2n) is 3.67. The molecule has 0 aliphatic heterocycles. The Bertz CT molecular complexity index is 293. The van der Waals surface area contributed by atoms with E-state index in [2.05, 4.69) is 4.99 Å². The van der Waals surface area contributed by atoms with Crippen LogP contribution in [0.4, 0.5) is 4.39 Å². The van der Waals surface area contributed by atoms with E-state index in [0.29, 0.717) is 6.41 Å². The molecule has 0 aliphatic rings. The van der Waals surface area contributed by atoms with Crippen LogP contribution >= 0.6 is 0 Å². The Labute approximate surface area is 106 Å². The van der Waals surface area contributed by atoms with Crippen molar-refractivity contribution in [3.63, 3.8) is 0 Å². The fourth-order valence-corrected chi connectivity index (χ4v) is 1.18. The Kier molecular flexibility index (Phi) is 8.77. The zero-order chi connectivity index (χ0) is 14.0. The molecule has 2 unspecified atom stereocenters. The van der Waals surface area contributed by atoms with Crippen molar-refractivity contribution in [1.29, 1.82) is 0 Å². The summed E-state index contributed by atoms with van der Waals surface area (Å²) in [5.74, 6) is 0.285. The second kappa shape index (κ2) is 9.55. The van der Waals surface area contributed by atoms with E-state index in [4.69, 9.17) is 15.6 Å². The Balaban J connectivity index is 4.27. The maximum Gasteiger partial charge on any atom is 0.213 e. The van der Waals surface area contributed by atoms with Crippen molar-refractivity contribution in [2.24, 2.45) is 10.7 Å². The van der Waals surface area contributed by atoms with Crippen molar-refractivity contribution in [3.05, 3.63) is 12.3 Å². The molecule has 2 atom stereocenters. The highest BCUT2D eigenvalue weighted by Gasteiger charge is 2.13. The number of alkyl halides is 1. The maximum absolute atomic E-state index is 12.3. The van der Waals surface area contributed by atoms with E-state index in [-0.39, 0.29) is 12.4 Å². The van der Waals surface area contributed by atoms with Crippen molar-refractivity contribution in [3.8, 4) is 0 Å². The second-order valence-corrected chi connectivity index (χ2v) is 3.67. The maximum atomic E-state index is 12.3. The van der Waals surface area contributed by atoms with E-state index in [1.54, 1.807) is 6.92 Å². The lowest BCUT2D eigenvalue weighted by atomic mass is 10.3. The van der Waals surface area contributed by atoms with Crippen LogP contribution in [0.3, 0.4) is 0 Å². The van der Waals surface area contributed by atoms with Crippen molar-refractivity contribution in [2.75, 3.05) is 26.9 Å². The zero-order valence-corrected chi connectivity index (χ0v) is 10.6. The third kappa shape index (κ3) is 6.97. The van der Waals surface area contributed by atoms with E-state index >= 15 is 0 Å². The van der Waals surface area contributed by atoms with Gasteiger partial charge in [0.2, 0.25) is 6.41 Å². The Morgan fingerprint density at radius 1 is 1.67 bits per heavy atom. The molecular formula is C11H20FN3O3. The van der Waals surface area contributed by atoms with Gasteiger partial charge in [0, 0.05) is 13.2 Å². The minimum Gasteiger partial charge on any atom is -0.394 e. The molecule has 6 nitrogen and oxygen atoms in total. The van der Waals surface area contributed by atoms with Gasteiger partial charge in [-0.1, -0.05) is 0 Å². The van der Waals surface area contributed by atoms with Crippen LogP contribution in [0.15, 0.2) is 17.3 Å². The number of ether oxygens (including phenoxy) is 1. The van der Waals surface area contributed by atoms with E-state index in [1.807, 2.05) is 0 Å². The summed E-state index contributed by atoms with van der Waals surface area (Å²) >= 11 is 0. The van der Waals surface area contributed by atoms with Crippen LogP contribution in [0.1, 0.15) is 6.92 Å². The average molecular weight is 261 g/mol. The minimum atomic E-state index is -0.861. The van der Waals surface area contributed by atoms with Crippen LogP contribution in [0.25, 0.3) is 0 Å². The summed E-state index contributed by atoms with van der Waals surface area (Å²) in [5, 5.41) is 8.78. The summed E-state index contributed by atoms with van der Waals surface area (Å²) in [6.07, 6.45) is 2.26. The van der Waals surface area contributed by atoms with Crippen LogP contribution in [-0.4, -0.2) is 61.3 Å². The van der Waals surface area contributed by atoms with E-state index in [1.165, 1.54) is 24.2 Å². The molecule has 18 heavy (non-hydrogen) atoms. The van der Waals surface area contributed by atoms with Crippen LogP contribution in [-0.2, 0) is 9.53 Å². The summed E-state index contributed by atoms with van der Waals surface area (Å²) in [6, 6.07) is 0. The number of aliphatic hydroxyl groups is 1. The summed E-state index contributed by atoms with van der Waals surface area (Å²) in [6.45, 7) is 0.744. The summed E-state index contributed by atoms with van der Waals surface area (Å²) in [4.78, 5) is 15.8. The molecule has 0 aromatic rings. The Morgan fingerprint density at radius 3 is 2.78 bits per heavy atom. The standard InChI is InChI=1S/C11H20FN3O3/c1-9(18-10(5-12)7-16)6-15(8-17)4-3-11(13)14-2/h3-4,8-10,16H,5-7H2,1-2H3,(H2,13,14)/b4-3-. The summed E-state index contributed by atoms with van der Waals surface area (Å²) < 4.78 is 17.5. The van der Waals surface area contributed by atoms with Crippen molar-refractivity contribution >= 4 is 12.2 Å². The first-order valence-electron chi connectivity index (χ1n) is 5.51. The lowest BCUT2D eigenvalue weighted by Crippen LogP contribution is -2.33. The molecule has 0 bridgehead atoms. The molecule has 0 saturated carbocycles. The number of nitrogens with two attached hydrogens (primary N) is 1. The van der Waals surface area contributed by atoms with Gasteiger partial charge < -0.3 is 20.5 Å². The highest BCUT2D eigenvalue weighted by molar-refractivity contribution is 5.91. The molecule has 0 aromatic carbocycles. The molecule has 0 aliphatic carbocycles. The highest BCUT2D eigenvalue weighted by Crippen LogP contribution is 2.01. The highest BCUT2D eigenvalue weighted by atomic mass is 19.1.